The molecule has 1 aromatic carbocycles. The molecule has 0 aliphatic heterocycles. The van der Waals surface area contributed by atoms with Crippen molar-refractivity contribution < 1.29 is 9.18 Å². The Labute approximate surface area is 119 Å². The molecule has 0 aliphatic rings. The summed E-state index contributed by atoms with van der Waals surface area (Å²) in [7, 11) is 0. The number of anilines is 1. The Balaban J connectivity index is 2.76. The number of amides is 1. The van der Waals surface area contributed by atoms with Crippen molar-refractivity contribution in [1.82, 2.24) is 0 Å². The summed E-state index contributed by atoms with van der Waals surface area (Å²) in [4.78, 5) is 11.8. The highest BCUT2D eigenvalue weighted by molar-refractivity contribution is 9.10. The van der Waals surface area contributed by atoms with Gasteiger partial charge in [-0.15, -0.1) is 0 Å². The minimum absolute atomic E-state index is 0.137. The predicted octanol–water partition coefficient (Wildman–Crippen LogP) is 3.70. The van der Waals surface area contributed by atoms with Crippen molar-refractivity contribution in [3.8, 4) is 0 Å². The molecule has 6 heteroatoms. The van der Waals surface area contributed by atoms with Crippen molar-refractivity contribution in [3.63, 3.8) is 0 Å². The van der Waals surface area contributed by atoms with Crippen LogP contribution in [0.25, 0.3) is 0 Å². The number of unbranched alkanes of at least 4 members (excludes halogenated alkanes) is 1. The highest BCUT2D eigenvalue weighted by Crippen LogP contribution is 2.31. The third-order valence-corrected chi connectivity index (χ3v) is 3.38. The Morgan fingerprint density at radius 1 is 1.61 bits per heavy atom. The molecule has 1 aromatic rings. The minimum Gasteiger partial charge on any atom is -0.322 e. The topological polar surface area (TPSA) is 55.1 Å². The second kappa shape index (κ2) is 7.07. The maximum absolute atomic E-state index is 13.0. The first-order valence-corrected chi connectivity index (χ1v) is 6.83. The van der Waals surface area contributed by atoms with Crippen molar-refractivity contribution in [3.05, 3.63) is 27.4 Å². The van der Waals surface area contributed by atoms with E-state index in [1.807, 2.05) is 6.92 Å². The molecule has 1 rings (SSSR count). The van der Waals surface area contributed by atoms with Crippen LogP contribution in [-0.4, -0.2) is 11.9 Å². The second-order valence-electron chi connectivity index (χ2n) is 3.98. The van der Waals surface area contributed by atoms with Gasteiger partial charge in [0.25, 0.3) is 0 Å². The van der Waals surface area contributed by atoms with Crippen molar-refractivity contribution in [1.29, 1.82) is 0 Å². The molecule has 1 amide bonds. The van der Waals surface area contributed by atoms with Crippen molar-refractivity contribution >= 4 is 39.1 Å². The van der Waals surface area contributed by atoms with E-state index < -0.39 is 11.9 Å². The van der Waals surface area contributed by atoms with Crippen LogP contribution in [0.4, 0.5) is 10.1 Å². The van der Waals surface area contributed by atoms with E-state index in [1.54, 1.807) is 0 Å². The van der Waals surface area contributed by atoms with Crippen LogP contribution < -0.4 is 11.1 Å². The zero-order chi connectivity index (χ0) is 13.7. The minimum atomic E-state index is -0.585. The molecule has 1 atom stereocenters. The van der Waals surface area contributed by atoms with Gasteiger partial charge in [0.2, 0.25) is 5.91 Å². The predicted molar refractivity (Wildman–Crippen MR) is 75.2 cm³/mol. The fourth-order valence-corrected chi connectivity index (χ4v) is 2.33. The number of carbonyl (C=O) groups excluding carboxylic acids is 1. The fourth-order valence-electron chi connectivity index (χ4n) is 1.43. The third-order valence-electron chi connectivity index (χ3n) is 2.46. The third kappa shape index (κ3) is 4.23. The number of carbonyl (C=O) groups is 1. The highest BCUT2D eigenvalue weighted by atomic mass is 79.9. The molecule has 0 aliphatic carbocycles. The van der Waals surface area contributed by atoms with Gasteiger partial charge in [-0.3, -0.25) is 4.79 Å². The molecule has 3 N–H and O–H groups in total. The van der Waals surface area contributed by atoms with Crippen molar-refractivity contribution in [2.24, 2.45) is 5.73 Å². The zero-order valence-corrected chi connectivity index (χ0v) is 12.3. The van der Waals surface area contributed by atoms with Crippen LogP contribution >= 0.6 is 27.5 Å². The van der Waals surface area contributed by atoms with E-state index in [9.17, 15) is 9.18 Å². The average molecular weight is 338 g/mol. The standard InChI is InChI=1S/C12H15BrClFN2O/c1-2-3-4-10(16)12(18)17-11-8(13)5-7(15)6-9(11)14/h5-6,10H,2-4,16H2,1H3,(H,17,18)/t10-/m0/s1. The van der Waals surface area contributed by atoms with Crippen LogP contribution in [0, 0.1) is 5.82 Å². The highest BCUT2D eigenvalue weighted by Gasteiger charge is 2.16. The Bertz CT molecular complexity index is 419. The number of hydrogen-bond acceptors (Lipinski definition) is 2. The maximum atomic E-state index is 13.0. The molecule has 0 unspecified atom stereocenters. The first-order valence-electron chi connectivity index (χ1n) is 5.66. The van der Waals surface area contributed by atoms with Crippen LogP contribution in [0.2, 0.25) is 5.02 Å². The van der Waals surface area contributed by atoms with E-state index in [-0.39, 0.29) is 10.9 Å². The Hall–Kier alpha value is -0.650. The second-order valence-corrected chi connectivity index (χ2v) is 5.24. The van der Waals surface area contributed by atoms with E-state index in [0.29, 0.717) is 16.6 Å². The lowest BCUT2D eigenvalue weighted by Gasteiger charge is -2.14. The smallest absolute Gasteiger partial charge is 0.241 e. The van der Waals surface area contributed by atoms with Gasteiger partial charge in [-0.2, -0.15) is 0 Å². The summed E-state index contributed by atoms with van der Waals surface area (Å²) in [6, 6.07) is 1.79. The van der Waals surface area contributed by atoms with Crippen molar-refractivity contribution in [2.45, 2.75) is 32.2 Å². The van der Waals surface area contributed by atoms with Crippen LogP contribution in [0.1, 0.15) is 26.2 Å². The quantitative estimate of drug-likeness (QED) is 0.861. The molecule has 0 saturated carbocycles. The molecule has 0 radical (unpaired) electrons. The normalized spacial score (nSPS) is 12.3. The zero-order valence-electron chi connectivity index (χ0n) is 9.97. The van der Waals surface area contributed by atoms with E-state index in [2.05, 4.69) is 21.2 Å². The van der Waals surface area contributed by atoms with E-state index in [4.69, 9.17) is 17.3 Å². The van der Waals surface area contributed by atoms with Crippen LogP contribution in [-0.2, 0) is 4.79 Å². The monoisotopic (exact) mass is 336 g/mol. The molecule has 0 fully saturated rings. The molecule has 0 aromatic heterocycles. The molecule has 0 heterocycles. The molecule has 100 valence electrons. The number of hydrogen-bond donors (Lipinski definition) is 2. The first kappa shape index (κ1) is 15.4. The van der Waals surface area contributed by atoms with Gasteiger partial charge in [-0.25, -0.2) is 4.39 Å². The van der Waals surface area contributed by atoms with Gasteiger partial charge in [0.05, 0.1) is 16.8 Å². The molecule has 0 saturated heterocycles. The summed E-state index contributed by atoms with van der Waals surface area (Å²) in [5, 5.41) is 2.74. The van der Waals surface area contributed by atoms with Gasteiger partial charge in [0.15, 0.2) is 0 Å². The molecule has 0 bridgehead atoms. The Kier molecular flexibility index (Phi) is 6.05. The first-order chi connectivity index (χ1) is 8.45. The van der Waals surface area contributed by atoms with E-state index in [1.165, 1.54) is 6.07 Å². The Morgan fingerprint density at radius 2 is 2.28 bits per heavy atom. The van der Waals surface area contributed by atoms with Gasteiger partial charge < -0.3 is 11.1 Å². The number of nitrogens with one attached hydrogen (secondary N) is 1. The number of nitrogens with two attached hydrogens (primary N) is 1. The van der Waals surface area contributed by atoms with Gasteiger partial charge in [-0.05, 0) is 34.5 Å². The van der Waals surface area contributed by atoms with Crippen molar-refractivity contribution in [2.75, 3.05) is 5.32 Å². The fraction of sp³-hybridized carbons (Fsp3) is 0.417. The van der Waals surface area contributed by atoms with Gasteiger partial charge >= 0.3 is 0 Å². The molecular formula is C12H15BrClFN2O. The summed E-state index contributed by atoms with van der Waals surface area (Å²) in [6.45, 7) is 2.03. The summed E-state index contributed by atoms with van der Waals surface area (Å²) in [5.41, 5.74) is 6.08. The lowest BCUT2D eigenvalue weighted by Crippen LogP contribution is -2.35. The van der Waals surface area contributed by atoms with Gasteiger partial charge in [-0.1, -0.05) is 31.4 Å². The summed E-state index contributed by atoms with van der Waals surface area (Å²) in [6.07, 6.45) is 2.47. The molecular weight excluding hydrogens is 322 g/mol. The summed E-state index contributed by atoms with van der Waals surface area (Å²) < 4.78 is 13.4. The number of halogens is 3. The van der Waals surface area contributed by atoms with Gasteiger partial charge in [0, 0.05) is 4.47 Å². The Morgan fingerprint density at radius 3 is 2.83 bits per heavy atom. The molecule has 18 heavy (non-hydrogen) atoms. The summed E-state index contributed by atoms with van der Waals surface area (Å²) >= 11 is 9.01. The van der Waals surface area contributed by atoms with E-state index in [0.717, 1.165) is 18.9 Å². The number of rotatable bonds is 5. The SMILES string of the molecule is CCCC[C@H](N)C(=O)Nc1c(Cl)cc(F)cc1Br. The lowest BCUT2D eigenvalue weighted by molar-refractivity contribution is -0.117. The van der Waals surface area contributed by atoms with E-state index >= 15 is 0 Å². The average Bonchev–Trinajstić information content (AvgIpc) is 2.30. The maximum Gasteiger partial charge on any atom is 0.241 e. The summed E-state index contributed by atoms with van der Waals surface area (Å²) in [5.74, 6) is -0.794. The lowest BCUT2D eigenvalue weighted by atomic mass is 10.1. The van der Waals surface area contributed by atoms with Crippen LogP contribution in [0.5, 0.6) is 0 Å². The molecule has 0 spiro atoms. The van der Waals surface area contributed by atoms with Gasteiger partial charge in [0.1, 0.15) is 5.82 Å². The van der Waals surface area contributed by atoms with Crippen LogP contribution in [0.3, 0.4) is 0 Å². The largest absolute Gasteiger partial charge is 0.322 e. The number of benzene rings is 1. The molecule has 3 nitrogen and oxygen atoms in total. The van der Waals surface area contributed by atoms with Crippen LogP contribution in [0.15, 0.2) is 16.6 Å².